The lowest BCUT2D eigenvalue weighted by Crippen LogP contribution is -2.55. The molecule has 23 heavy (non-hydrogen) atoms. The molecule has 0 spiro atoms. The first-order valence-electron chi connectivity index (χ1n) is 7.74. The average molecular weight is 320 g/mol. The number of rotatable bonds is 5. The summed E-state index contributed by atoms with van der Waals surface area (Å²) in [5.74, 6) is -0.367. The Morgan fingerprint density at radius 2 is 1.87 bits per heavy atom. The number of amides is 1. The topological polar surface area (TPSA) is 70.1 Å². The summed E-state index contributed by atoms with van der Waals surface area (Å²) < 4.78 is 5.90. The number of nitrogens with zero attached hydrogens (tertiary/aromatic N) is 2. The highest BCUT2D eigenvalue weighted by Gasteiger charge is 2.45. The Bertz CT molecular complexity index is 578. The van der Waals surface area contributed by atoms with Crippen molar-refractivity contribution in [1.82, 2.24) is 9.80 Å². The molecule has 0 atom stereocenters. The predicted octanol–water partition coefficient (Wildman–Crippen LogP) is 1.38. The van der Waals surface area contributed by atoms with Crippen molar-refractivity contribution in [3.05, 3.63) is 29.8 Å². The van der Waals surface area contributed by atoms with Crippen molar-refractivity contribution in [2.75, 3.05) is 33.7 Å². The Morgan fingerprint density at radius 3 is 2.39 bits per heavy atom. The van der Waals surface area contributed by atoms with Crippen LogP contribution in [0.15, 0.2) is 24.3 Å². The molecule has 1 heterocycles. The van der Waals surface area contributed by atoms with Gasteiger partial charge in [0.2, 0.25) is 11.5 Å². The van der Waals surface area contributed by atoms with Crippen LogP contribution in [0.1, 0.15) is 18.4 Å². The number of hydrogen-bond donors (Lipinski definition) is 1. The molecular weight excluding hydrogens is 296 g/mol. The molecule has 0 unspecified atom stereocenters. The van der Waals surface area contributed by atoms with Crippen molar-refractivity contribution in [2.45, 2.75) is 25.4 Å². The maximum absolute atomic E-state index is 12.1. The lowest BCUT2D eigenvalue weighted by atomic mass is 9.90. The van der Waals surface area contributed by atoms with Gasteiger partial charge in [0, 0.05) is 25.9 Å². The van der Waals surface area contributed by atoms with E-state index in [0.717, 1.165) is 5.56 Å². The summed E-state index contributed by atoms with van der Waals surface area (Å²) in [4.78, 5) is 27.4. The first-order valence-corrected chi connectivity index (χ1v) is 7.74. The van der Waals surface area contributed by atoms with Gasteiger partial charge < -0.3 is 19.6 Å². The van der Waals surface area contributed by atoms with Crippen molar-refractivity contribution >= 4 is 11.9 Å². The zero-order valence-corrected chi connectivity index (χ0v) is 13.9. The molecule has 1 aromatic carbocycles. The average Bonchev–Trinajstić information content (AvgIpc) is 2.49. The monoisotopic (exact) mass is 320 g/mol. The van der Waals surface area contributed by atoms with E-state index in [2.05, 4.69) is 0 Å². The van der Waals surface area contributed by atoms with Crippen molar-refractivity contribution in [3.8, 4) is 5.75 Å². The van der Waals surface area contributed by atoms with Crippen LogP contribution in [-0.4, -0.2) is 66.1 Å². The number of carbonyl (C=O) groups is 2. The molecule has 0 aliphatic carbocycles. The quantitative estimate of drug-likeness (QED) is 0.887. The maximum atomic E-state index is 12.1. The Balaban J connectivity index is 2.09. The lowest BCUT2D eigenvalue weighted by molar-refractivity contribution is -0.162. The Labute approximate surface area is 136 Å². The highest BCUT2D eigenvalue weighted by Crippen LogP contribution is 2.31. The van der Waals surface area contributed by atoms with Gasteiger partial charge in [0.1, 0.15) is 5.75 Å². The number of piperidine rings is 1. The van der Waals surface area contributed by atoms with Gasteiger partial charge in [-0.25, -0.2) is 4.79 Å². The van der Waals surface area contributed by atoms with E-state index in [1.807, 2.05) is 44.1 Å². The number of aryl methyl sites for hydroxylation is 1. The summed E-state index contributed by atoms with van der Waals surface area (Å²) in [7, 11) is 3.68. The number of carboxylic acids is 1. The first kappa shape index (κ1) is 17.3. The predicted molar refractivity (Wildman–Crippen MR) is 86.5 cm³/mol. The summed E-state index contributed by atoms with van der Waals surface area (Å²) in [6.07, 6.45) is 0.575. The third-order valence-corrected chi connectivity index (χ3v) is 4.16. The van der Waals surface area contributed by atoms with Gasteiger partial charge in [0.25, 0.3) is 0 Å². The van der Waals surface area contributed by atoms with Crippen LogP contribution in [0, 0.1) is 6.92 Å². The fourth-order valence-electron chi connectivity index (χ4n) is 2.73. The minimum absolute atomic E-state index is 0.0184. The minimum Gasteiger partial charge on any atom is -0.478 e. The van der Waals surface area contributed by atoms with Crippen LogP contribution in [0.25, 0.3) is 0 Å². The molecule has 1 N–H and O–H groups in total. The number of carboxylic acid groups (broad SMARTS) is 1. The van der Waals surface area contributed by atoms with Crippen LogP contribution in [0.3, 0.4) is 0 Å². The maximum Gasteiger partial charge on any atom is 0.348 e. The second kappa shape index (κ2) is 7.00. The highest BCUT2D eigenvalue weighted by atomic mass is 16.5. The van der Waals surface area contributed by atoms with Gasteiger partial charge in [-0.1, -0.05) is 18.2 Å². The number of benzene rings is 1. The van der Waals surface area contributed by atoms with E-state index >= 15 is 0 Å². The van der Waals surface area contributed by atoms with Gasteiger partial charge >= 0.3 is 5.97 Å². The van der Waals surface area contributed by atoms with Crippen LogP contribution >= 0.6 is 0 Å². The summed E-state index contributed by atoms with van der Waals surface area (Å²) in [5.41, 5.74) is -0.361. The van der Waals surface area contributed by atoms with E-state index in [9.17, 15) is 14.7 Å². The smallest absolute Gasteiger partial charge is 0.348 e. The van der Waals surface area contributed by atoms with Crippen molar-refractivity contribution in [1.29, 1.82) is 0 Å². The number of para-hydroxylation sites is 1. The van der Waals surface area contributed by atoms with Crippen molar-refractivity contribution < 1.29 is 19.4 Å². The van der Waals surface area contributed by atoms with Crippen LogP contribution in [0.5, 0.6) is 5.75 Å². The SMILES string of the molecule is Cc1ccccc1OC1(C(=O)O)CCN(C(=O)CN(C)C)CC1. The second-order valence-corrected chi connectivity index (χ2v) is 6.29. The molecule has 1 amide bonds. The number of hydrogen-bond acceptors (Lipinski definition) is 4. The molecular formula is C17H24N2O4. The third kappa shape index (κ3) is 4.01. The van der Waals surface area contributed by atoms with E-state index in [4.69, 9.17) is 4.74 Å². The molecule has 6 nitrogen and oxygen atoms in total. The molecule has 1 aliphatic heterocycles. The Morgan fingerprint density at radius 1 is 1.26 bits per heavy atom. The summed E-state index contributed by atoms with van der Waals surface area (Å²) in [6, 6.07) is 7.38. The van der Waals surface area contributed by atoms with Gasteiger partial charge in [-0.2, -0.15) is 0 Å². The standard InChI is InChI=1S/C17H24N2O4/c1-13-6-4-5-7-14(13)23-17(16(21)22)8-10-19(11-9-17)15(20)12-18(2)3/h4-7H,8-12H2,1-3H3,(H,21,22). The molecule has 1 aliphatic rings. The molecule has 0 bridgehead atoms. The van der Waals surface area contributed by atoms with Gasteiger partial charge in [-0.3, -0.25) is 4.79 Å². The van der Waals surface area contributed by atoms with E-state index in [1.54, 1.807) is 11.0 Å². The number of likely N-dealkylation sites (N-methyl/N-ethyl adjacent to an activating group) is 1. The number of likely N-dealkylation sites (tertiary alicyclic amines) is 1. The molecule has 0 saturated carbocycles. The fourth-order valence-corrected chi connectivity index (χ4v) is 2.73. The second-order valence-electron chi connectivity index (χ2n) is 6.29. The summed E-state index contributed by atoms with van der Waals surface area (Å²) in [5, 5.41) is 9.67. The zero-order chi connectivity index (χ0) is 17.0. The van der Waals surface area contributed by atoms with Crippen LogP contribution in [0.4, 0.5) is 0 Å². The van der Waals surface area contributed by atoms with E-state index in [0.29, 0.717) is 25.4 Å². The van der Waals surface area contributed by atoms with Crippen LogP contribution in [0.2, 0.25) is 0 Å². The molecule has 1 saturated heterocycles. The highest BCUT2D eigenvalue weighted by molar-refractivity contribution is 5.81. The third-order valence-electron chi connectivity index (χ3n) is 4.16. The van der Waals surface area contributed by atoms with Gasteiger partial charge in [-0.05, 0) is 32.6 Å². The summed E-state index contributed by atoms with van der Waals surface area (Å²) in [6.45, 7) is 3.01. The molecule has 6 heteroatoms. The molecule has 1 aromatic rings. The van der Waals surface area contributed by atoms with Gasteiger partial charge in [0.15, 0.2) is 0 Å². The minimum atomic E-state index is -1.26. The van der Waals surface area contributed by atoms with Gasteiger partial charge in [-0.15, -0.1) is 0 Å². The molecule has 0 aromatic heterocycles. The molecule has 2 rings (SSSR count). The van der Waals surface area contributed by atoms with E-state index < -0.39 is 11.6 Å². The lowest BCUT2D eigenvalue weighted by Gasteiger charge is -2.39. The molecule has 0 radical (unpaired) electrons. The zero-order valence-electron chi connectivity index (χ0n) is 13.9. The number of carbonyl (C=O) groups excluding carboxylic acids is 1. The van der Waals surface area contributed by atoms with Crippen molar-refractivity contribution in [3.63, 3.8) is 0 Å². The first-order chi connectivity index (χ1) is 10.8. The largest absolute Gasteiger partial charge is 0.478 e. The van der Waals surface area contributed by atoms with Crippen LogP contribution in [-0.2, 0) is 9.59 Å². The normalized spacial score (nSPS) is 17.1. The summed E-state index contributed by atoms with van der Waals surface area (Å²) >= 11 is 0. The molecule has 1 fully saturated rings. The van der Waals surface area contributed by atoms with E-state index in [-0.39, 0.29) is 18.7 Å². The number of aliphatic carboxylic acids is 1. The molecule has 126 valence electrons. The fraction of sp³-hybridized carbons (Fsp3) is 0.529. The Hall–Kier alpha value is -2.08. The number of ether oxygens (including phenoxy) is 1. The van der Waals surface area contributed by atoms with E-state index in [1.165, 1.54) is 0 Å². The van der Waals surface area contributed by atoms with Crippen LogP contribution < -0.4 is 4.74 Å². The van der Waals surface area contributed by atoms with Crippen molar-refractivity contribution in [2.24, 2.45) is 0 Å². The van der Waals surface area contributed by atoms with Gasteiger partial charge in [0.05, 0.1) is 6.54 Å². The Kier molecular flexibility index (Phi) is 5.26.